The minimum atomic E-state index is 0.522. The minimum absolute atomic E-state index is 0.522. The molecule has 0 bridgehead atoms. The summed E-state index contributed by atoms with van der Waals surface area (Å²) >= 11 is 1.85. The van der Waals surface area contributed by atoms with Crippen molar-refractivity contribution in [2.75, 3.05) is 0 Å². The van der Waals surface area contributed by atoms with Crippen LogP contribution in [0.5, 0.6) is 0 Å². The first kappa shape index (κ1) is 26.0. The molecular formula is C48H30S. The molecule has 0 N–H and O–H groups in total. The first-order chi connectivity index (χ1) is 25.1. The molecular weight excluding hydrogens is 609 g/mol. The summed E-state index contributed by atoms with van der Waals surface area (Å²) in [5, 5.41) is 9.67. The van der Waals surface area contributed by atoms with Gasteiger partial charge in [-0.1, -0.05) is 164 Å². The molecule has 0 unspecified atom stereocenters. The molecule has 228 valence electrons. The highest BCUT2D eigenvalue weighted by Gasteiger charge is 2.19. The second-order valence-electron chi connectivity index (χ2n) is 12.7. The first-order valence-corrected chi connectivity index (χ1v) is 17.5. The van der Waals surface area contributed by atoms with E-state index in [1.807, 2.05) is 35.6 Å². The topological polar surface area (TPSA) is 0 Å². The zero-order chi connectivity index (χ0) is 34.1. The predicted octanol–water partition coefficient (Wildman–Crippen LogP) is 14.2. The quantitative estimate of drug-likeness (QED) is 0.168. The fourth-order valence-electron chi connectivity index (χ4n) is 7.74. The molecule has 0 aliphatic carbocycles. The molecule has 1 heteroatoms. The van der Waals surface area contributed by atoms with E-state index in [1.165, 1.54) is 80.7 Å². The summed E-state index contributed by atoms with van der Waals surface area (Å²) in [6, 6.07) is 61.4. The molecule has 10 aromatic rings. The predicted molar refractivity (Wildman–Crippen MR) is 214 cm³/mol. The highest BCUT2D eigenvalue weighted by molar-refractivity contribution is 7.26. The lowest BCUT2D eigenvalue weighted by Crippen LogP contribution is -1.91. The van der Waals surface area contributed by atoms with Gasteiger partial charge in [0, 0.05) is 20.2 Å². The van der Waals surface area contributed by atoms with Crippen LogP contribution < -0.4 is 0 Å². The normalized spacial score (nSPS) is 12.2. The van der Waals surface area contributed by atoms with E-state index in [0.29, 0.717) is 12.1 Å². The Morgan fingerprint density at radius 3 is 1.69 bits per heavy atom. The molecule has 10 rings (SSSR count). The minimum Gasteiger partial charge on any atom is -0.135 e. The van der Waals surface area contributed by atoms with Crippen LogP contribution in [0.1, 0.15) is 2.74 Å². The Morgan fingerprint density at radius 1 is 0.367 bits per heavy atom. The van der Waals surface area contributed by atoms with Crippen molar-refractivity contribution in [3.8, 4) is 44.5 Å². The van der Waals surface area contributed by atoms with Gasteiger partial charge < -0.3 is 0 Å². The summed E-state index contributed by atoms with van der Waals surface area (Å²) in [6.07, 6.45) is 0. The number of thiophene rings is 1. The third-order valence-corrected chi connectivity index (χ3v) is 11.1. The van der Waals surface area contributed by atoms with Crippen molar-refractivity contribution in [3.05, 3.63) is 182 Å². The smallest absolute Gasteiger partial charge is 0.0623 e. The Kier molecular flexibility index (Phi) is 6.00. The first-order valence-electron chi connectivity index (χ1n) is 17.7. The molecule has 0 saturated carbocycles. The third-order valence-electron chi connectivity index (χ3n) is 9.92. The molecule has 0 fully saturated rings. The summed E-state index contributed by atoms with van der Waals surface area (Å²) < 4.78 is 18.7. The second kappa shape index (κ2) is 11.3. The van der Waals surface area contributed by atoms with E-state index in [4.69, 9.17) is 2.74 Å². The van der Waals surface area contributed by atoms with Gasteiger partial charge in [0.15, 0.2) is 0 Å². The zero-order valence-corrected chi connectivity index (χ0v) is 27.4. The molecule has 0 saturated heterocycles. The number of hydrogen-bond donors (Lipinski definition) is 0. The SMILES string of the molecule is [2H]c1ccc(-c2ccc(-c3cccc(-c4c5ccccc5c(-c5ccc6cc([2H])ccc6c5)c5ccccc45)c3)c3c2sc2ccccc23)cc1. The second-order valence-corrected chi connectivity index (χ2v) is 13.7. The van der Waals surface area contributed by atoms with Gasteiger partial charge >= 0.3 is 0 Å². The van der Waals surface area contributed by atoms with E-state index in [9.17, 15) is 0 Å². The van der Waals surface area contributed by atoms with E-state index >= 15 is 0 Å². The van der Waals surface area contributed by atoms with Crippen molar-refractivity contribution in [1.82, 2.24) is 0 Å². The summed E-state index contributed by atoms with van der Waals surface area (Å²) in [6.45, 7) is 0. The number of benzene rings is 9. The summed E-state index contributed by atoms with van der Waals surface area (Å²) in [4.78, 5) is 0. The Bertz CT molecular complexity index is 2930. The van der Waals surface area contributed by atoms with Crippen molar-refractivity contribution in [2.24, 2.45) is 0 Å². The maximum absolute atomic E-state index is 8.10. The van der Waals surface area contributed by atoms with Gasteiger partial charge in [0.05, 0.1) is 2.74 Å². The van der Waals surface area contributed by atoms with Gasteiger partial charge in [0.2, 0.25) is 0 Å². The van der Waals surface area contributed by atoms with E-state index in [0.717, 1.165) is 16.3 Å². The van der Waals surface area contributed by atoms with Crippen molar-refractivity contribution in [1.29, 1.82) is 0 Å². The van der Waals surface area contributed by atoms with Crippen LogP contribution in [-0.4, -0.2) is 0 Å². The van der Waals surface area contributed by atoms with Crippen LogP contribution in [0, 0.1) is 0 Å². The molecule has 0 radical (unpaired) electrons. The molecule has 49 heavy (non-hydrogen) atoms. The van der Waals surface area contributed by atoms with E-state index in [2.05, 4.69) is 146 Å². The molecule has 0 aliphatic rings. The number of fused-ring (bicyclic) bond motifs is 6. The number of hydrogen-bond acceptors (Lipinski definition) is 1. The molecule has 0 amide bonds. The van der Waals surface area contributed by atoms with Crippen molar-refractivity contribution < 1.29 is 2.74 Å². The van der Waals surface area contributed by atoms with Crippen LogP contribution in [-0.2, 0) is 0 Å². The van der Waals surface area contributed by atoms with E-state index in [-0.39, 0.29) is 0 Å². The molecule has 0 atom stereocenters. The lowest BCUT2D eigenvalue weighted by atomic mass is 9.85. The van der Waals surface area contributed by atoms with Gasteiger partial charge in [-0.3, -0.25) is 0 Å². The summed E-state index contributed by atoms with van der Waals surface area (Å²) in [7, 11) is 0. The van der Waals surface area contributed by atoms with E-state index in [1.54, 1.807) is 0 Å². The average molecular weight is 641 g/mol. The maximum Gasteiger partial charge on any atom is 0.0623 e. The summed E-state index contributed by atoms with van der Waals surface area (Å²) in [5.74, 6) is 0. The van der Waals surface area contributed by atoms with E-state index < -0.39 is 0 Å². The van der Waals surface area contributed by atoms with Gasteiger partial charge in [-0.15, -0.1) is 11.3 Å². The highest BCUT2D eigenvalue weighted by atomic mass is 32.1. The Labute approximate surface area is 292 Å². The Morgan fingerprint density at radius 2 is 0.959 bits per heavy atom. The molecule has 0 spiro atoms. The molecule has 0 aliphatic heterocycles. The average Bonchev–Trinajstić information content (AvgIpc) is 3.57. The monoisotopic (exact) mass is 640 g/mol. The molecule has 9 aromatic carbocycles. The van der Waals surface area contributed by atoms with Crippen LogP contribution in [0.25, 0.3) is 97.0 Å². The number of rotatable bonds is 4. The van der Waals surface area contributed by atoms with Gasteiger partial charge in [0.25, 0.3) is 0 Å². The van der Waals surface area contributed by atoms with Crippen molar-refractivity contribution >= 4 is 63.8 Å². The van der Waals surface area contributed by atoms with Crippen LogP contribution >= 0.6 is 11.3 Å². The van der Waals surface area contributed by atoms with Crippen LogP contribution in [0.2, 0.25) is 0 Å². The van der Waals surface area contributed by atoms with Crippen molar-refractivity contribution in [2.45, 2.75) is 0 Å². The third kappa shape index (κ3) is 4.51. The van der Waals surface area contributed by atoms with Gasteiger partial charge in [-0.05, 0) is 95.0 Å². The fourth-order valence-corrected chi connectivity index (χ4v) is 9.00. The lowest BCUT2D eigenvalue weighted by Gasteiger charge is -2.18. The lowest BCUT2D eigenvalue weighted by molar-refractivity contribution is 1.63. The zero-order valence-electron chi connectivity index (χ0n) is 28.6. The molecule has 0 nitrogen and oxygen atoms in total. The summed E-state index contributed by atoms with van der Waals surface area (Å²) in [5.41, 5.74) is 9.59. The van der Waals surface area contributed by atoms with Gasteiger partial charge in [-0.25, -0.2) is 0 Å². The Balaban J connectivity index is 1.21. The van der Waals surface area contributed by atoms with Crippen LogP contribution in [0.3, 0.4) is 0 Å². The van der Waals surface area contributed by atoms with Crippen LogP contribution in [0.4, 0.5) is 0 Å². The Hall–Kier alpha value is -6.02. The van der Waals surface area contributed by atoms with Crippen molar-refractivity contribution in [3.63, 3.8) is 0 Å². The molecule has 1 aromatic heterocycles. The fraction of sp³-hybridized carbons (Fsp3) is 0. The molecule has 1 heterocycles. The van der Waals surface area contributed by atoms with Gasteiger partial charge in [0.1, 0.15) is 0 Å². The maximum atomic E-state index is 8.10. The van der Waals surface area contributed by atoms with Gasteiger partial charge in [-0.2, -0.15) is 0 Å². The standard InChI is InChI=1S/C48H30S/c1-2-14-32(15-3-1)38-28-27-37(47-43-23-10-11-24-44(43)49-48(38)47)34-17-12-18-35(30-34)45-39-19-6-8-21-41(39)46(42-22-9-7-20-40(42)45)36-26-25-31-13-4-5-16-33(31)29-36/h1-30H/i1D,4D. The van der Waals surface area contributed by atoms with Crippen LogP contribution in [0.15, 0.2) is 182 Å². The highest BCUT2D eigenvalue weighted by Crippen LogP contribution is 2.47. The largest absolute Gasteiger partial charge is 0.135 e.